The molecule has 3 aliphatic rings. The molecule has 6 atom stereocenters. The number of aromatic nitrogens is 4. The molecule has 0 aliphatic heterocycles. The van der Waals surface area contributed by atoms with Crippen LogP contribution in [0.5, 0.6) is 0 Å². The molecule has 29 heteroatoms. The van der Waals surface area contributed by atoms with Gasteiger partial charge in [0.05, 0.1) is 0 Å². The molecule has 3 aromatic heterocycles. The van der Waals surface area contributed by atoms with Crippen LogP contribution in [0.15, 0.2) is 99.7 Å². The van der Waals surface area contributed by atoms with E-state index < -0.39 is 0 Å². The van der Waals surface area contributed by atoms with Gasteiger partial charge in [-0.3, -0.25) is 44.4 Å². The maximum atomic E-state index is 5.68. The molecule has 767 valence electrons. The van der Waals surface area contributed by atoms with E-state index in [1.54, 1.807) is 30.7 Å². The molecule has 0 saturated heterocycles. The van der Waals surface area contributed by atoms with Crippen molar-refractivity contribution in [3.63, 3.8) is 0 Å². The summed E-state index contributed by atoms with van der Waals surface area (Å²) in [6.45, 7) is 61.7. The summed E-state index contributed by atoms with van der Waals surface area (Å²) in [6.07, 6.45) is 50.0. The predicted octanol–water partition coefficient (Wildman–Crippen LogP) is 25.0. The first kappa shape index (κ1) is 205. The van der Waals surface area contributed by atoms with E-state index in [2.05, 4.69) is 181 Å². The van der Waals surface area contributed by atoms with E-state index in [9.17, 15) is 0 Å². The maximum Gasteiger partial charge on any atom is 0.0106 e. The molecule has 9 radical (unpaired) electrons. The molecular weight excluding hydrogens is 2340 g/mol. The molecule has 6 unspecified atom stereocenters. The van der Waals surface area contributed by atoms with Gasteiger partial charge in [-0.1, -0.05) is 298 Å². The van der Waals surface area contributed by atoms with E-state index in [1.165, 1.54) is 44.9 Å². The van der Waals surface area contributed by atoms with Crippen molar-refractivity contribution in [2.24, 2.45) is 75.4 Å². The van der Waals surface area contributed by atoms with Crippen LogP contribution in [0.1, 0.15) is 295 Å². The van der Waals surface area contributed by atoms with Crippen molar-refractivity contribution in [1.82, 2.24) is 59.1 Å². The first-order valence-electron chi connectivity index (χ1n) is 42.7. The summed E-state index contributed by atoms with van der Waals surface area (Å²) < 4.78 is 0. The standard InChI is InChI=1S/C12H22N2.C10H14N4.2C10H13N3.C10H18N2.C10H12N2.C10H15N2.C9H16N2.8C2H6.8CH4.9Y/c1-9-6-12(11(3)10(9)2)7-13-8-14(4)5;1-8-10(5-11-7-14(3)4)6-12-9(2)13-8;1-9-6-10(4-5-12-9)7-11-8-13(2)3;1-9-4-5-10(7-12-9)6-11-8-13(2)3;2*1-12(2)9-11-8-10-6-4-3-5-7-10;1-6-9(2)10(3)7-11-8-12(4)5;1-11(2)8-10-7-9-5-3-4-6-9;8*1-2;;;;;;;;;;;;;;;;;/h6,9-12H,7H2,1-5H3;5H2,1-4H3;4-5H,7H2,1-3H3;4-5H,6H2,1-3H3;6,10H,3-5,7-8H2,1-2H3;3-6H,8H2,1-2H3;3H,7H2,1-2,4-5H3;5,9H,3-4,6-7H2,1-2H3;8*1-2H3;8*1H4;;;;;;;;;/q6*-2;-3;-2;;;;;;;;;;;;;;;;;;;;;;;;;. The summed E-state index contributed by atoms with van der Waals surface area (Å²) in [5.74, 6) is 5.13. The molecule has 0 bridgehead atoms. The zero-order valence-electron chi connectivity index (χ0n) is 87.6. The van der Waals surface area contributed by atoms with Gasteiger partial charge in [0.15, 0.2) is 0 Å². The fourth-order valence-corrected chi connectivity index (χ4v) is 8.94. The second kappa shape index (κ2) is 155. The van der Waals surface area contributed by atoms with Gasteiger partial charge in [-0.2, -0.15) is 84.7 Å². The molecule has 20 nitrogen and oxygen atoms in total. The summed E-state index contributed by atoms with van der Waals surface area (Å²) in [6, 6.07) is 19.9. The maximum absolute atomic E-state index is 5.68. The first-order chi connectivity index (χ1) is 55.9. The van der Waals surface area contributed by atoms with E-state index in [-0.39, 0.29) is 354 Å². The van der Waals surface area contributed by atoms with Crippen LogP contribution in [0.3, 0.4) is 0 Å². The van der Waals surface area contributed by atoms with Crippen molar-refractivity contribution in [2.75, 3.05) is 139 Å². The topological polar surface area (TPSA) is 176 Å². The Bertz CT molecular complexity index is 3040. The van der Waals surface area contributed by atoms with Gasteiger partial charge in [-0.25, -0.2) is 6.07 Å². The van der Waals surface area contributed by atoms with Crippen molar-refractivity contribution in [3.05, 3.63) is 161 Å². The molecule has 1 aromatic carbocycles. The summed E-state index contributed by atoms with van der Waals surface area (Å²) in [5.41, 5.74) is 8.55. The van der Waals surface area contributed by atoms with Gasteiger partial charge in [0.2, 0.25) is 0 Å². The summed E-state index contributed by atoms with van der Waals surface area (Å²) in [7, 11) is 30.6. The second-order valence-corrected chi connectivity index (χ2v) is 26.3. The largest absolute Gasteiger partial charge is 0.542 e. The summed E-state index contributed by atoms with van der Waals surface area (Å²) >= 11 is 0. The minimum absolute atomic E-state index is 0. The molecule has 3 heterocycles. The van der Waals surface area contributed by atoms with Crippen molar-refractivity contribution >= 4 is 50.7 Å². The minimum Gasteiger partial charge on any atom is -0.542 e. The molecule has 7 rings (SSSR count). The number of aryl methyl sites for hydroxylation is 4. The molecule has 4 aromatic rings. The molecule has 3 saturated carbocycles. The van der Waals surface area contributed by atoms with Gasteiger partial charge in [0.1, 0.15) is 0 Å². The Morgan fingerprint density at radius 2 is 0.791 bits per heavy atom. The normalized spacial score (nSPS) is 13.8. The number of allylic oxidation sites excluding steroid dienone is 1. The molecule has 134 heavy (non-hydrogen) atoms. The predicted molar refractivity (Wildman–Crippen MR) is 568 cm³/mol. The Kier molecular flexibility index (Phi) is 237. The van der Waals surface area contributed by atoms with E-state index in [0.29, 0.717) is 44.6 Å². The molecule has 0 amide bonds. The van der Waals surface area contributed by atoms with Crippen molar-refractivity contribution in [2.45, 2.75) is 304 Å². The van der Waals surface area contributed by atoms with Crippen molar-refractivity contribution in [3.8, 4) is 0 Å². The number of pyridine rings is 2. The SMILES string of the molecule is C.C.C.C.C.C.C.C.CC.CC.CC.CC.CC.CC.CC.CC.CC1[CH-]C(CN=[C-]N(C)C)C(C)C1C.CN(C)[C-]=NCC1[CH-]CCC1.CN(C)[C-]=NCC1[CH-]CCCC1.CN(C)[C-]=NCc1[c-]cccc1.Cc1[c-]c(CN=[C-]N(C)C)ccn1.Cc1ccc(CN=[C-]N(C)C)[c-]n1.Cc1n[c-]c(CN=[C-]N(C)C)c(C)n1.[CH-]=C(CN=[C-]N(C)C)C(C)=[C-]C.[Y].[Y].[Y].[Y].[Y].[Y].[Y].[Y].[Y]. The van der Waals surface area contributed by atoms with Crippen LogP contribution in [-0.4, -0.2) is 249 Å². The molecular formula is C105H203N20Y9-17. The van der Waals surface area contributed by atoms with Crippen LogP contribution < -0.4 is 0 Å². The first-order valence-corrected chi connectivity index (χ1v) is 42.7. The fourth-order valence-electron chi connectivity index (χ4n) is 8.94. The number of hydrogen-bond donors (Lipinski definition) is 0. The Labute approximate surface area is 1070 Å². The van der Waals surface area contributed by atoms with Crippen LogP contribution in [0.4, 0.5) is 0 Å². The number of aliphatic imine (C=N–C) groups is 8. The Morgan fingerprint density at radius 1 is 0.425 bits per heavy atom. The summed E-state index contributed by atoms with van der Waals surface area (Å²) in [4.78, 5) is 63.9. The number of hydrogen-bond acceptors (Lipinski definition) is 12. The minimum atomic E-state index is 0. The van der Waals surface area contributed by atoms with E-state index >= 15 is 0 Å². The van der Waals surface area contributed by atoms with Crippen molar-refractivity contribution in [1.29, 1.82) is 0 Å². The number of nitrogens with zero attached hydrogens (tertiary/aromatic N) is 20. The van der Waals surface area contributed by atoms with Crippen LogP contribution in [0, 0.1) is 120 Å². The van der Waals surface area contributed by atoms with Gasteiger partial charge in [0.25, 0.3) is 0 Å². The monoisotopic (exact) mass is 2540 g/mol. The number of benzene rings is 1. The van der Waals surface area contributed by atoms with Crippen LogP contribution in [0.25, 0.3) is 0 Å². The summed E-state index contributed by atoms with van der Waals surface area (Å²) in [5, 5.41) is 0. The van der Waals surface area contributed by atoms with Gasteiger partial charge in [0, 0.05) is 320 Å². The Balaban J connectivity index is -0.0000000398. The van der Waals surface area contributed by atoms with E-state index in [1.807, 2.05) is 322 Å². The molecule has 3 fully saturated rings. The van der Waals surface area contributed by atoms with Crippen LogP contribution in [-0.2, 0) is 321 Å². The molecule has 3 aliphatic carbocycles. The third kappa shape index (κ3) is 144. The smallest absolute Gasteiger partial charge is 0.0106 e. The van der Waals surface area contributed by atoms with Crippen LogP contribution in [0.2, 0.25) is 0 Å². The Morgan fingerprint density at radius 3 is 1.12 bits per heavy atom. The van der Waals surface area contributed by atoms with Gasteiger partial charge >= 0.3 is 0 Å². The Hall–Kier alpha value is 1.78. The van der Waals surface area contributed by atoms with Gasteiger partial charge in [-0.15, -0.1) is 36.5 Å². The average molecular weight is 2550 g/mol. The number of rotatable bonds is 25. The van der Waals surface area contributed by atoms with Crippen LogP contribution >= 0.6 is 0 Å². The van der Waals surface area contributed by atoms with Crippen molar-refractivity contribution < 1.29 is 294 Å². The van der Waals surface area contributed by atoms with Gasteiger partial charge in [-0.05, 0) is 146 Å². The van der Waals surface area contributed by atoms with Gasteiger partial charge < -0.3 is 148 Å². The van der Waals surface area contributed by atoms with E-state index in [0.717, 1.165) is 99.6 Å². The molecule has 0 spiro atoms. The third-order valence-corrected chi connectivity index (χ3v) is 14.6. The molecule has 0 N–H and O–H groups in total. The second-order valence-electron chi connectivity index (χ2n) is 26.3. The third-order valence-electron chi connectivity index (χ3n) is 14.6. The zero-order valence-corrected chi connectivity index (χ0v) is 113. The zero-order chi connectivity index (χ0) is 91.9. The average Bonchev–Trinajstić information content (AvgIpc) is 1.75. The van der Waals surface area contributed by atoms with E-state index in [4.69, 9.17) is 6.58 Å². The quantitative estimate of drug-likeness (QED) is 0.0202. The fraction of sp³-hybridized carbons (Fsp3) is 0.667.